The molecule has 1 rings (SSSR count). The third kappa shape index (κ3) is 3.21. The number of nitrogens with two attached hydrogens (primary N) is 1. The maximum Gasteiger partial charge on any atom is 0.258 e. The van der Waals surface area contributed by atoms with Gasteiger partial charge in [0.15, 0.2) is 6.10 Å². The number of primary amides is 1. The second-order valence-electron chi connectivity index (χ2n) is 3.06. The molecule has 1 aromatic heterocycles. The zero-order chi connectivity index (χ0) is 11.3. The lowest BCUT2D eigenvalue weighted by molar-refractivity contribution is -0.124. The monoisotopic (exact) mass is 210 g/mol. The number of carbonyl (C=O) groups excluding carboxylic acids is 1. The van der Waals surface area contributed by atoms with Crippen LogP contribution < -0.4 is 10.5 Å². The SMILES string of the molecule is CCC(Oc1ccc(CO)nc1)C(N)=O. The lowest BCUT2D eigenvalue weighted by Gasteiger charge is -2.13. The fourth-order valence-corrected chi connectivity index (χ4v) is 1.08. The molecule has 82 valence electrons. The van der Waals surface area contributed by atoms with Crippen LogP contribution in [0, 0.1) is 0 Å². The molecule has 5 nitrogen and oxygen atoms in total. The van der Waals surface area contributed by atoms with E-state index in [2.05, 4.69) is 4.98 Å². The average molecular weight is 210 g/mol. The van der Waals surface area contributed by atoms with Gasteiger partial charge in [0, 0.05) is 0 Å². The van der Waals surface area contributed by atoms with E-state index in [1.165, 1.54) is 6.20 Å². The Labute approximate surface area is 87.9 Å². The van der Waals surface area contributed by atoms with Crippen LogP contribution in [0.25, 0.3) is 0 Å². The Morgan fingerprint density at radius 1 is 1.67 bits per heavy atom. The number of aliphatic hydroxyl groups is 1. The molecule has 1 heterocycles. The summed E-state index contributed by atoms with van der Waals surface area (Å²) in [5.74, 6) is -0.0263. The van der Waals surface area contributed by atoms with Crippen LogP contribution in [0.3, 0.4) is 0 Å². The predicted molar refractivity (Wildman–Crippen MR) is 54.1 cm³/mol. The number of ether oxygens (including phenoxy) is 1. The quantitative estimate of drug-likeness (QED) is 0.727. The molecule has 0 fully saturated rings. The maximum absolute atomic E-state index is 10.9. The highest BCUT2D eigenvalue weighted by atomic mass is 16.5. The van der Waals surface area contributed by atoms with Crippen molar-refractivity contribution in [1.82, 2.24) is 4.98 Å². The van der Waals surface area contributed by atoms with Crippen LogP contribution in [0.2, 0.25) is 0 Å². The van der Waals surface area contributed by atoms with E-state index in [-0.39, 0.29) is 6.61 Å². The van der Waals surface area contributed by atoms with Crippen LogP contribution in [0.5, 0.6) is 5.75 Å². The molecule has 0 saturated carbocycles. The second-order valence-corrected chi connectivity index (χ2v) is 3.06. The van der Waals surface area contributed by atoms with E-state index in [4.69, 9.17) is 15.6 Å². The van der Waals surface area contributed by atoms with E-state index in [1.807, 2.05) is 6.92 Å². The molecule has 1 amide bonds. The van der Waals surface area contributed by atoms with Crippen LogP contribution in [-0.2, 0) is 11.4 Å². The van der Waals surface area contributed by atoms with E-state index in [9.17, 15) is 4.79 Å². The highest BCUT2D eigenvalue weighted by Gasteiger charge is 2.14. The molecule has 0 aliphatic heterocycles. The van der Waals surface area contributed by atoms with Crippen molar-refractivity contribution in [3.05, 3.63) is 24.0 Å². The minimum atomic E-state index is -0.633. The Morgan fingerprint density at radius 2 is 2.40 bits per heavy atom. The van der Waals surface area contributed by atoms with Gasteiger partial charge in [-0.15, -0.1) is 0 Å². The Kier molecular flexibility index (Phi) is 4.05. The fraction of sp³-hybridized carbons (Fsp3) is 0.400. The third-order valence-electron chi connectivity index (χ3n) is 1.93. The topological polar surface area (TPSA) is 85.4 Å². The Hall–Kier alpha value is -1.62. The van der Waals surface area contributed by atoms with E-state index >= 15 is 0 Å². The summed E-state index contributed by atoms with van der Waals surface area (Å²) in [6.07, 6.45) is 1.33. The number of amides is 1. The van der Waals surface area contributed by atoms with Crippen LogP contribution in [0.15, 0.2) is 18.3 Å². The largest absolute Gasteiger partial charge is 0.479 e. The molecule has 3 N–H and O–H groups in total. The number of nitrogens with zero attached hydrogens (tertiary/aromatic N) is 1. The van der Waals surface area contributed by atoms with E-state index in [1.54, 1.807) is 12.1 Å². The minimum Gasteiger partial charge on any atom is -0.479 e. The number of hydrogen-bond donors (Lipinski definition) is 2. The summed E-state index contributed by atoms with van der Waals surface area (Å²) in [7, 11) is 0. The second kappa shape index (κ2) is 5.31. The first kappa shape index (κ1) is 11.5. The lowest BCUT2D eigenvalue weighted by atomic mass is 10.2. The van der Waals surface area contributed by atoms with Crippen LogP contribution in [0.4, 0.5) is 0 Å². The summed E-state index contributed by atoms with van der Waals surface area (Å²) in [6.45, 7) is 1.69. The molecular weight excluding hydrogens is 196 g/mol. The normalized spacial score (nSPS) is 12.1. The molecule has 5 heteroatoms. The van der Waals surface area contributed by atoms with Crippen LogP contribution >= 0.6 is 0 Å². The van der Waals surface area contributed by atoms with E-state index in [0.717, 1.165) is 0 Å². The first-order valence-electron chi connectivity index (χ1n) is 4.69. The van der Waals surface area contributed by atoms with Gasteiger partial charge in [-0.25, -0.2) is 0 Å². The van der Waals surface area contributed by atoms with Crippen molar-refractivity contribution in [1.29, 1.82) is 0 Å². The summed E-state index contributed by atoms with van der Waals surface area (Å²) >= 11 is 0. The Balaban J connectivity index is 2.67. The molecule has 0 saturated heterocycles. The molecule has 0 aromatic carbocycles. The number of aliphatic hydroxyl groups excluding tert-OH is 1. The number of carbonyl (C=O) groups is 1. The van der Waals surface area contributed by atoms with Crippen LogP contribution in [-0.4, -0.2) is 22.1 Å². The van der Waals surface area contributed by atoms with Crippen molar-refractivity contribution in [3.63, 3.8) is 0 Å². The molecule has 1 atom stereocenters. The summed E-state index contributed by atoms with van der Waals surface area (Å²) in [6, 6.07) is 3.27. The fourth-order valence-electron chi connectivity index (χ4n) is 1.08. The molecule has 0 spiro atoms. The third-order valence-corrected chi connectivity index (χ3v) is 1.93. The Bertz CT molecular complexity index is 324. The standard InChI is InChI=1S/C10H14N2O3/c1-2-9(10(11)14)15-8-4-3-7(6-13)12-5-8/h3-5,9,13H,2,6H2,1H3,(H2,11,14). The zero-order valence-corrected chi connectivity index (χ0v) is 8.51. The average Bonchev–Trinajstić information content (AvgIpc) is 2.26. The van der Waals surface area contributed by atoms with E-state index < -0.39 is 12.0 Å². The first-order chi connectivity index (χ1) is 7.17. The van der Waals surface area contributed by atoms with Crippen molar-refractivity contribution >= 4 is 5.91 Å². The summed E-state index contributed by atoms with van der Waals surface area (Å²) in [5.41, 5.74) is 5.68. The van der Waals surface area contributed by atoms with Gasteiger partial charge >= 0.3 is 0 Å². The zero-order valence-electron chi connectivity index (χ0n) is 8.51. The summed E-state index contributed by atoms with van der Waals surface area (Å²) in [5, 5.41) is 8.77. The number of pyridine rings is 1. The van der Waals surface area contributed by atoms with Crippen molar-refractivity contribution in [2.75, 3.05) is 0 Å². The summed E-state index contributed by atoms with van der Waals surface area (Å²) in [4.78, 5) is 14.8. The van der Waals surface area contributed by atoms with Gasteiger partial charge in [0.05, 0.1) is 18.5 Å². The molecular formula is C10H14N2O3. The van der Waals surface area contributed by atoms with Gasteiger partial charge in [0.25, 0.3) is 5.91 Å². The van der Waals surface area contributed by atoms with Crippen LogP contribution in [0.1, 0.15) is 19.0 Å². The van der Waals surface area contributed by atoms with Crippen molar-refractivity contribution in [2.24, 2.45) is 5.73 Å². The smallest absolute Gasteiger partial charge is 0.258 e. The van der Waals surface area contributed by atoms with Gasteiger partial charge < -0.3 is 15.6 Å². The Morgan fingerprint density at radius 3 is 2.80 bits per heavy atom. The van der Waals surface area contributed by atoms with Gasteiger partial charge in [0.1, 0.15) is 5.75 Å². The molecule has 15 heavy (non-hydrogen) atoms. The van der Waals surface area contributed by atoms with Crippen molar-refractivity contribution in [3.8, 4) is 5.75 Å². The van der Waals surface area contributed by atoms with E-state index in [0.29, 0.717) is 17.9 Å². The highest BCUT2D eigenvalue weighted by Crippen LogP contribution is 2.12. The van der Waals surface area contributed by atoms with Crippen molar-refractivity contribution in [2.45, 2.75) is 26.1 Å². The predicted octanol–water partition coefficient (Wildman–Crippen LogP) is 0.217. The number of hydrogen-bond acceptors (Lipinski definition) is 4. The molecule has 1 aromatic rings. The van der Waals surface area contributed by atoms with Gasteiger partial charge in [-0.05, 0) is 18.6 Å². The van der Waals surface area contributed by atoms with Gasteiger partial charge in [-0.3, -0.25) is 9.78 Å². The lowest BCUT2D eigenvalue weighted by Crippen LogP contribution is -2.33. The molecule has 0 aliphatic carbocycles. The highest BCUT2D eigenvalue weighted by molar-refractivity contribution is 5.79. The number of aromatic nitrogens is 1. The number of rotatable bonds is 5. The van der Waals surface area contributed by atoms with Crippen molar-refractivity contribution < 1.29 is 14.6 Å². The first-order valence-corrected chi connectivity index (χ1v) is 4.69. The van der Waals surface area contributed by atoms with Gasteiger partial charge in [-0.2, -0.15) is 0 Å². The molecule has 0 radical (unpaired) electrons. The molecule has 1 unspecified atom stereocenters. The minimum absolute atomic E-state index is 0.118. The summed E-state index contributed by atoms with van der Waals surface area (Å²) < 4.78 is 5.31. The van der Waals surface area contributed by atoms with Gasteiger partial charge in [-0.1, -0.05) is 6.92 Å². The molecule has 0 aliphatic rings. The van der Waals surface area contributed by atoms with Gasteiger partial charge in [0.2, 0.25) is 0 Å². The molecule has 0 bridgehead atoms. The maximum atomic E-state index is 10.9.